The lowest BCUT2D eigenvalue weighted by Crippen LogP contribution is -2.40. The molecular formula is C26H23Cl2N3O5S. The standard InChI is InChI=1S/C26H23Cl2N3O5S/c1-15-11-19(26(33)31-7-9-36-10-8-31)24(29-15)13-18-17-12-16(5-6-23(17)30-25(18)32)37(34,35)14-20-21(27)3-2-4-22(20)28/h2-6,11-13,29H,7-10,14H2,1H3,(H,30,32). The molecule has 0 saturated carbocycles. The number of ether oxygens (including phenoxy) is 1. The van der Waals surface area contributed by atoms with Crippen LogP contribution in [0, 0.1) is 6.92 Å². The number of fused-ring (bicyclic) bond motifs is 1. The molecule has 0 radical (unpaired) electrons. The highest BCUT2D eigenvalue weighted by atomic mass is 35.5. The number of hydrogen-bond donors (Lipinski definition) is 2. The molecule has 192 valence electrons. The number of halogens is 2. The molecule has 37 heavy (non-hydrogen) atoms. The lowest BCUT2D eigenvalue weighted by molar-refractivity contribution is -0.110. The van der Waals surface area contributed by atoms with Crippen LogP contribution in [0.15, 0.2) is 47.4 Å². The highest BCUT2D eigenvalue weighted by Gasteiger charge is 2.29. The average molecular weight is 560 g/mol. The van der Waals surface area contributed by atoms with Crippen LogP contribution < -0.4 is 5.32 Å². The monoisotopic (exact) mass is 559 g/mol. The Morgan fingerprint density at radius 2 is 1.81 bits per heavy atom. The maximum absolute atomic E-state index is 13.3. The number of benzene rings is 2. The summed E-state index contributed by atoms with van der Waals surface area (Å²) in [6, 6.07) is 11.0. The van der Waals surface area contributed by atoms with E-state index in [9.17, 15) is 18.0 Å². The number of nitrogens with zero attached hydrogens (tertiary/aromatic N) is 1. The van der Waals surface area contributed by atoms with Gasteiger partial charge in [-0.1, -0.05) is 29.3 Å². The van der Waals surface area contributed by atoms with Crippen molar-refractivity contribution in [2.75, 3.05) is 31.6 Å². The molecule has 2 amide bonds. The van der Waals surface area contributed by atoms with Gasteiger partial charge < -0.3 is 19.9 Å². The van der Waals surface area contributed by atoms with Gasteiger partial charge in [0.15, 0.2) is 9.84 Å². The summed E-state index contributed by atoms with van der Waals surface area (Å²) in [6.07, 6.45) is 1.59. The van der Waals surface area contributed by atoms with E-state index in [0.29, 0.717) is 54.4 Å². The van der Waals surface area contributed by atoms with E-state index in [1.54, 1.807) is 41.3 Å². The van der Waals surface area contributed by atoms with Crippen molar-refractivity contribution in [3.05, 3.63) is 80.6 Å². The molecule has 8 nitrogen and oxygen atoms in total. The van der Waals surface area contributed by atoms with Crippen LogP contribution in [0.4, 0.5) is 5.69 Å². The fourth-order valence-corrected chi connectivity index (χ4v) is 6.55. The second-order valence-corrected chi connectivity index (χ2v) is 11.7. The highest BCUT2D eigenvalue weighted by molar-refractivity contribution is 7.90. The van der Waals surface area contributed by atoms with Crippen molar-refractivity contribution in [2.45, 2.75) is 17.6 Å². The quantitative estimate of drug-likeness (QED) is 0.445. The number of H-pyrrole nitrogens is 1. The predicted octanol–water partition coefficient (Wildman–Crippen LogP) is 4.57. The first kappa shape index (κ1) is 25.5. The number of aromatic amines is 1. The highest BCUT2D eigenvalue weighted by Crippen LogP contribution is 2.37. The van der Waals surface area contributed by atoms with Crippen molar-refractivity contribution in [1.82, 2.24) is 9.88 Å². The van der Waals surface area contributed by atoms with Gasteiger partial charge in [0.2, 0.25) is 0 Å². The lowest BCUT2D eigenvalue weighted by atomic mass is 10.0. The molecule has 2 aliphatic heterocycles. The van der Waals surface area contributed by atoms with Crippen molar-refractivity contribution >= 4 is 62.2 Å². The second-order valence-electron chi connectivity index (χ2n) is 8.86. The number of anilines is 1. The third-order valence-corrected chi connectivity index (χ3v) is 8.68. The summed E-state index contributed by atoms with van der Waals surface area (Å²) >= 11 is 12.4. The summed E-state index contributed by atoms with van der Waals surface area (Å²) < 4.78 is 31.9. The van der Waals surface area contributed by atoms with Gasteiger partial charge in [-0.3, -0.25) is 9.59 Å². The number of morpholine rings is 1. The first-order valence-corrected chi connectivity index (χ1v) is 13.9. The van der Waals surface area contributed by atoms with Gasteiger partial charge in [0.25, 0.3) is 11.8 Å². The molecule has 5 rings (SSSR count). The van der Waals surface area contributed by atoms with Gasteiger partial charge in [0, 0.05) is 45.6 Å². The first-order valence-electron chi connectivity index (χ1n) is 11.5. The van der Waals surface area contributed by atoms with E-state index in [-0.39, 0.29) is 26.4 Å². The Morgan fingerprint density at radius 1 is 1.11 bits per heavy atom. The first-order chi connectivity index (χ1) is 17.6. The predicted molar refractivity (Wildman–Crippen MR) is 143 cm³/mol. The summed E-state index contributed by atoms with van der Waals surface area (Å²) in [5.74, 6) is -0.944. The van der Waals surface area contributed by atoms with Gasteiger partial charge >= 0.3 is 0 Å². The van der Waals surface area contributed by atoms with E-state index >= 15 is 0 Å². The van der Waals surface area contributed by atoms with Crippen LogP contribution in [-0.2, 0) is 25.1 Å². The molecule has 0 atom stereocenters. The van der Waals surface area contributed by atoms with E-state index in [1.807, 2.05) is 6.92 Å². The van der Waals surface area contributed by atoms with Crippen LogP contribution in [0.5, 0.6) is 0 Å². The van der Waals surface area contributed by atoms with Gasteiger partial charge in [-0.2, -0.15) is 0 Å². The number of nitrogens with one attached hydrogen (secondary N) is 2. The summed E-state index contributed by atoms with van der Waals surface area (Å²) in [5.41, 5.74) is 3.14. The molecule has 0 unspecified atom stereocenters. The zero-order chi connectivity index (χ0) is 26.3. The zero-order valence-corrected chi connectivity index (χ0v) is 22.1. The molecule has 3 aromatic rings. The van der Waals surface area contributed by atoms with Crippen molar-refractivity contribution in [3.63, 3.8) is 0 Å². The summed E-state index contributed by atoms with van der Waals surface area (Å²) in [7, 11) is -3.84. The van der Waals surface area contributed by atoms with E-state index < -0.39 is 21.5 Å². The summed E-state index contributed by atoms with van der Waals surface area (Å²) in [4.78, 5) is 30.9. The normalized spacial score (nSPS) is 16.7. The van der Waals surface area contributed by atoms with Gasteiger partial charge in [-0.15, -0.1) is 0 Å². The fraction of sp³-hybridized carbons (Fsp3) is 0.231. The van der Waals surface area contributed by atoms with Gasteiger partial charge in [-0.25, -0.2) is 8.42 Å². The molecule has 1 aromatic heterocycles. The molecule has 1 fully saturated rings. The van der Waals surface area contributed by atoms with Gasteiger partial charge in [0.1, 0.15) is 0 Å². The third kappa shape index (κ3) is 5.04. The minimum absolute atomic E-state index is 0.0249. The van der Waals surface area contributed by atoms with Crippen LogP contribution >= 0.6 is 23.2 Å². The zero-order valence-electron chi connectivity index (χ0n) is 19.8. The SMILES string of the molecule is Cc1cc(C(=O)N2CCOCC2)c(C=C2C(=O)Nc3ccc(S(=O)(=O)Cc4c(Cl)cccc4Cl)cc32)[nH]1. The van der Waals surface area contributed by atoms with Crippen molar-refractivity contribution < 1.29 is 22.7 Å². The Hall–Kier alpha value is -3.11. The molecule has 1 saturated heterocycles. The number of aromatic nitrogens is 1. The summed E-state index contributed by atoms with van der Waals surface area (Å²) in [5, 5.41) is 3.28. The van der Waals surface area contributed by atoms with E-state index in [4.69, 9.17) is 27.9 Å². The Kier molecular flexibility index (Phi) is 6.89. The van der Waals surface area contributed by atoms with Crippen LogP contribution in [0.2, 0.25) is 10.0 Å². The average Bonchev–Trinajstić information content (AvgIpc) is 3.40. The topological polar surface area (TPSA) is 109 Å². The second kappa shape index (κ2) is 9.98. The molecule has 3 heterocycles. The molecule has 2 aliphatic rings. The minimum atomic E-state index is -3.84. The molecule has 2 aromatic carbocycles. The number of aryl methyl sites for hydroxylation is 1. The van der Waals surface area contributed by atoms with Gasteiger partial charge in [0.05, 0.1) is 40.7 Å². The van der Waals surface area contributed by atoms with Crippen LogP contribution in [0.3, 0.4) is 0 Å². The molecule has 0 spiro atoms. The fourth-order valence-electron chi connectivity index (χ4n) is 4.43. The van der Waals surface area contributed by atoms with E-state index in [2.05, 4.69) is 10.3 Å². The lowest BCUT2D eigenvalue weighted by Gasteiger charge is -2.26. The smallest absolute Gasteiger partial charge is 0.256 e. The third-order valence-electron chi connectivity index (χ3n) is 6.33. The van der Waals surface area contributed by atoms with E-state index in [1.165, 1.54) is 12.1 Å². The number of sulfone groups is 1. The Balaban J connectivity index is 1.51. The van der Waals surface area contributed by atoms with Crippen LogP contribution in [0.25, 0.3) is 11.6 Å². The number of hydrogen-bond acceptors (Lipinski definition) is 5. The Bertz CT molecular complexity index is 1540. The van der Waals surface area contributed by atoms with Crippen molar-refractivity contribution in [2.24, 2.45) is 0 Å². The largest absolute Gasteiger partial charge is 0.378 e. The van der Waals surface area contributed by atoms with Crippen molar-refractivity contribution in [1.29, 1.82) is 0 Å². The number of amides is 2. The number of rotatable bonds is 5. The van der Waals surface area contributed by atoms with Crippen molar-refractivity contribution in [3.8, 4) is 0 Å². The molecular weight excluding hydrogens is 537 g/mol. The minimum Gasteiger partial charge on any atom is -0.378 e. The maximum Gasteiger partial charge on any atom is 0.256 e. The number of carbonyl (C=O) groups excluding carboxylic acids is 2. The Labute approximate surface area is 224 Å². The molecule has 11 heteroatoms. The van der Waals surface area contributed by atoms with Crippen LogP contribution in [-0.4, -0.2) is 56.4 Å². The molecule has 2 N–H and O–H groups in total. The maximum atomic E-state index is 13.3. The summed E-state index contributed by atoms with van der Waals surface area (Å²) in [6.45, 7) is 3.74. The van der Waals surface area contributed by atoms with E-state index in [0.717, 1.165) is 5.69 Å². The molecule has 0 bridgehead atoms. The van der Waals surface area contributed by atoms with Crippen LogP contribution in [0.1, 0.15) is 32.9 Å². The Morgan fingerprint density at radius 3 is 2.51 bits per heavy atom. The molecule has 0 aliphatic carbocycles. The van der Waals surface area contributed by atoms with Gasteiger partial charge in [-0.05, 0) is 49.4 Å². The number of carbonyl (C=O) groups is 2.